The number of ether oxygens (including phenoxy) is 1. The Kier molecular flexibility index (Phi) is 6.48. The number of hydrogen-bond acceptors (Lipinski definition) is 6. The van der Waals surface area contributed by atoms with E-state index in [-0.39, 0.29) is 25.0 Å². The number of hydrogen-bond donors (Lipinski definition) is 1. The van der Waals surface area contributed by atoms with Crippen molar-refractivity contribution >= 4 is 46.8 Å². The molecule has 1 aromatic carbocycles. The van der Waals surface area contributed by atoms with Gasteiger partial charge in [0.05, 0.1) is 27.3 Å². The first-order chi connectivity index (χ1) is 16.8. The molecule has 1 N–H and O–H groups in total. The lowest BCUT2D eigenvalue weighted by atomic mass is 9.75. The molecule has 4 aliphatic rings. The Bertz CT molecular complexity index is 1110. The number of likely N-dealkylation sites (tertiary alicyclic amines) is 1. The van der Waals surface area contributed by atoms with Gasteiger partial charge in [-0.05, 0) is 44.4 Å². The Hall–Kier alpha value is -2.29. The second-order valence-corrected chi connectivity index (χ2v) is 11.8. The highest BCUT2D eigenvalue weighted by Crippen LogP contribution is 2.65. The first-order valence-corrected chi connectivity index (χ1v) is 13.2. The molecular weight excluding hydrogens is 488 g/mol. The summed E-state index contributed by atoms with van der Waals surface area (Å²) in [4.78, 5) is 44.8. The fraction of sp³-hybridized carbons (Fsp3) is 0.500. The first-order valence-electron chi connectivity index (χ1n) is 12.0. The van der Waals surface area contributed by atoms with Crippen LogP contribution in [-0.2, 0) is 19.1 Å². The Morgan fingerprint density at radius 3 is 2.66 bits per heavy atom. The number of unbranched alkanes of at least 4 members (excludes halogenated alkanes) is 2. The molecule has 2 fully saturated rings. The van der Waals surface area contributed by atoms with E-state index in [1.54, 1.807) is 21.9 Å². The van der Waals surface area contributed by atoms with Gasteiger partial charge in [0.1, 0.15) is 12.6 Å². The number of para-hydroxylation sites is 1. The molecule has 7 nitrogen and oxygen atoms in total. The second-order valence-electron chi connectivity index (χ2n) is 9.65. The molecule has 0 aliphatic carbocycles. The lowest BCUT2D eigenvalue weighted by Gasteiger charge is -2.37. The highest BCUT2D eigenvalue weighted by Gasteiger charge is 2.74. The van der Waals surface area contributed by atoms with Gasteiger partial charge in [-0.3, -0.25) is 14.4 Å². The second kappa shape index (κ2) is 9.30. The number of halogens is 1. The van der Waals surface area contributed by atoms with Crippen molar-refractivity contribution in [2.75, 3.05) is 31.2 Å². The number of benzene rings is 1. The monoisotopic (exact) mass is 516 g/mol. The SMILES string of the molecule is C[C@@]12C=CCOC(=O)[C@@H]1[C@H]1C(=O)N(CCCCCO)C3C(=O)N(c4ccccc4Cl)CC=C[C@@]31S2. The molecule has 5 atom stereocenters. The van der Waals surface area contributed by atoms with Crippen molar-refractivity contribution in [2.45, 2.75) is 41.7 Å². The number of carbonyl (C=O) groups is 3. The zero-order chi connectivity index (χ0) is 24.8. The van der Waals surface area contributed by atoms with Crippen LogP contribution in [0.15, 0.2) is 48.6 Å². The Morgan fingerprint density at radius 1 is 1.09 bits per heavy atom. The van der Waals surface area contributed by atoms with E-state index < -0.39 is 33.3 Å². The summed E-state index contributed by atoms with van der Waals surface area (Å²) >= 11 is 8.00. The number of aliphatic hydroxyl groups is 1. The Labute approximate surface area is 214 Å². The summed E-state index contributed by atoms with van der Waals surface area (Å²) < 4.78 is 3.88. The molecule has 0 saturated carbocycles. The maximum Gasteiger partial charge on any atom is 0.311 e. The first kappa shape index (κ1) is 24.4. The summed E-state index contributed by atoms with van der Waals surface area (Å²) in [5.74, 6) is -2.18. The van der Waals surface area contributed by atoms with E-state index in [1.807, 2.05) is 43.4 Å². The molecule has 4 heterocycles. The Balaban J connectivity index is 1.60. The van der Waals surface area contributed by atoms with Gasteiger partial charge in [-0.25, -0.2) is 0 Å². The van der Waals surface area contributed by atoms with Crippen molar-refractivity contribution in [3.05, 3.63) is 53.6 Å². The average molecular weight is 517 g/mol. The van der Waals surface area contributed by atoms with Crippen LogP contribution in [0.2, 0.25) is 5.02 Å². The number of esters is 1. The van der Waals surface area contributed by atoms with Gasteiger partial charge in [0.2, 0.25) is 5.91 Å². The third-order valence-corrected chi connectivity index (χ3v) is 9.63. The maximum absolute atomic E-state index is 14.3. The van der Waals surface area contributed by atoms with Gasteiger partial charge in [0.15, 0.2) is 0 Å². The topological polar surface area (TPSA) is 87.1 Å². The number of nitrogens with zero attached hydrogens (tertiary/aromatic N) is 2. The molecule has 35 heavy (non-hydrogen) atoms. The average Bonchev–Trinajstić information content (AvgIpc) is 3.08. The van der Waals surface area contributed by atoms with Crippen molar-refractivity contribution in [3.63, 3.8) is 0 Å². The summed E-state index contributed by atoms with van der Waals surface area (Å²) in [5.41, 5.74) is 0.597. The highest BCUT2D eigenvalue weighted by molar-refractivity contribution is 8.02. The van der Waals surface area contributed by atoms with Crippen molar-refractivity contribution in [3.8, 4) is 0 Å². The fourth-order valence-electron chi connectivity index (χ4n) is 6.05. The number of anilines is 1. The zero-order valence-corrected chi connectivity index (χ0v) is 21.1. The number of amides is 2. The van der Waals surface area contributed by atoms with Crippen molar-refractivity contribution in [2.24, 2.45) is 11.8 Å². The predicted molar refractivity (Wildman–Crippen MR) is 135 cm³/mol. The smallest absolute Gasteiger partial charge is 0.311 e. The lowest BCUT2D eigenvalue weighted by Crippen LogP contribution is -2.53. The van der Waals surface area contributed by atoms with Crippen LogP contribution in [-0.4, -0.2) is 69.6 Å². The quantitative estimate of drug-likeness (QED) is 0.355. The van der Waals surface area contributed by atoms with Gasteiger partial charge in [0, 0.05) is 24.4 Å². The molecule has 1 unspecified atom stereocenters. The number of aliphatic hydroxyl groups excluding tert-OH is 1. The van der Waals surface area contributed by atoms with Gasteiger partial charge in [-0.15, -0.1) is 11.8 Å². The summed E-state index contributed by atoms with van der Waals surface area (Å²) in [5, 5.41) is 9.64. The minimum absolute atomic E-state index is 0.0837. The van der Waals surface area contributed by atoms with Gasteiger partial charge in [0.25, 0.3) is 5.91 Å². The Morgan fingerprint density at radius 2 is 1.89 bits per heavy atom. The van der Waals surface area contributed by atoms with E-state index in [0.29, 0.717) is 36.6 Å². The van der Waals surface area contributed by atoms with Crippen LogP contribution < -0.4 is 4.90 Å². The van der Waals surface area contributed by atoms with E-state index in [2.05, 4.69) is 0 Å². The minimum atomic E-state index is -0.902. The van der Waals surface area contributed by atoms with E-state index in [4.69, 9.17) is 16.3 Å². The van der Waals surface area contributed by atoms with E-state index >= 15 is 0 Å². The summed E-state index contributed by atoms with van der Waals surface area (Å²) in [6.07, 6.45) is 9.72. The number of thioether (sulfide) groups is 1. The van der Waals surface area contributed by atoms with E-state index in [9.17, 15) is 19.5 Å². The highest BCUT2D eigenvalue weighted by atomic mass is 35.5. The minimum Gasteiger partial charge on any atom is -0.461 e. The third-order valence-electron chi connectivity index (χ3n) is 7.51. The molecule has 0 bridgehead atoms. The number of carbonyl (C=O) groups excluding carboxylic acids is 3. The lowest BCUT2D eigenvalue weighted by molar-refractivity contribution is -0.152. The molecule has 2 saturated heterocycles. The molecule has 9 heteroatoms. The van der Waals surface area contributed by atoms with Gasteiger partial charge in [-0.2, -0.15) is 0 Å². The number of fused-ring (bicyclic) bond motifs is 2. The largest absolute Gasteiger partial charge is 0.461 e. The molecule has 1 spiro atoms. The van der Waals surface area contributed by atoms with E-state index in [0.717, 1.165) is 6.42 Å². The molecule has 186 valence electrons. The van der Waals surface area contributed by atoms with Gasteiger partial charge in [-0.1, -0.05) is 42.0 Å². The standard InChI is InChI=1S/C26H29ClN2O5S/c1-25-11-8-16-34-24(33)20(25)19-22(31)29(13-5-2-6-15-30)21-23(32)28(14-7-12-26(19,21)35-25)18-10-4-3-9-17(18)27/h3-4,7-12,19-21,30H,2,5-6,13-16H2,1H3/t19-,20-,21?,25+,26-/m0/s1. The molecule has 2 amide bonds. The summed E-state index contributed by atoms with van der Waals surface area (Å²) in [7, 11) is 0. The molecule has 1 aromatic rings. The molecule has 0 radical (unpaired) electrons. The molecule has 5 rings (SSSR count). The number of rotatable bonds is 6. The van der Waals surface area contributed by atoms with Crippen molar-refractivity contribution < 1.29 is 24.2 Å². The van der Waals surface area contributed by atoms with Crippen LogP contribution in [0.25, 0.3) is 0 Å². The number of cyclic esters (lactones) is 1. The van der Waals surface area contributed by atoms with Crippen LogP contribution in [0.3, 0.4) is 0 Å². The van der Waals surface area contributed by atoms with Crippen LogP contribution in [0.4, 0.5) is 5.69 Å². The fourth-order valence-corrected chi connectivity index (χ4v) is 8.44. The molecule has 0 aromatic heterocycles. The van der Waals surface area contributed by atoms with Crippen LogP contribution in [0, 0.1) is 11.8 Å². The molecule has 4 aliphatic heterocycles. The van der Waals surface area contributed by atoms with Gasteiger partial charge < -0.3 is 19.6 Å². The third kappa shape index (κ3) is 3.81. The predicted octanol–water partition coefficient (Wildman–Crippen LogP) is 3.21. The van der Waals surface area contributed by atoms with Crippen molar-refractivity contribution in [1.82, 2.24) is 4.90 Å². The maximum atomic E-state index is 14.3. The molecular formula is C26H29ClN2O5S. The van der Waals surface area contributed by atoms with Gasteiger partial charge >= 0.3 is 5.97 Å². The zero-order valence-electron chi connectivity index (χ0n) is 19.6. The summed E-state index contributed by atoms with van der Waals surface area (Å²) in [6, 6.07) is 6.41. The van der Waals surface area contributed by atoms with Crippen molar-refractivity contribution in [1.29, 1.82) is 0 Å². The summed E-state index contributed by atoms with van der Waals surface area (Å²) in [6.45, 7) is 2.93. The van der Waals surface area contributed by atoms with Crippen LogP contribution in [0.5, 0.6) is 0 Å². The van der Waals surface area contributed by atoms with Crippen LogP contribution >= 0.6 is 23.4 Å². The van der Waals surface area contributed by atoms with E-state index in [1.165, 1.54) is 11.8 Å². The van der Waals surface area contributed by atoms with Crippen LogP contribution in [0.1, 0.15) is 26.2 Å². The normalized spacial score (nSPS) is 33.8.